The van der Waals surface area contributed by atoms with Gasteiger partial charge in [0.1, 0.15) is 11.4 Å². The lowest BCUT2D eigenvalue weighted by Gasteiger charge is -2.40. The molecule has 0 atom stereocenters. The molecule has 1 fully saturated rings. The Morgan fingerprint density at radius 1 is 1.07 bits per heavy atom. The van der Waals surface area contributed by atoms with Gasteiger partial charge in [0, 0.05) is 19.3 Å². The third-order valence-electron chi connectivity index (χ3n) is 5.11. The molecule has 0 N–H and O–H groups in total. The number of carbonyl (C=O) groups is 1. The molecule has 2 aliphatic rings. The summed E-state index contributed by atoms with van der Waals surface area (Å²) < 4.78 is 11.7. The molecule has 0 radical (unpaired) electrons. The summed E-state index contributed by atoms with van der Waals surface area (Å²) in [6, 6.07) is 13.2. The minimum Gasteiger partial charge on any atom is -0.486 e. The van der Waals surface area contributed by atoms with E-state index in [4.69, 9.17) is 37.9 Å². The third-order valence-corrected chi connectivity index (χ3v) is 5.85. The number of rotatable bonds is 2. The number of halogens is 2. The first kappa shape index (κ1) is 21.6. The molecule has 2 aliphatic heterocycles. The van der Waals surface area contributed by atoms with E-state index in [1.165, 1.54) is 0 Å². The third kappa shape index (κ3) is 5.11. The van der Waals surface area contributed by atoms with Gasteiger partial charge in [-0.05, 0) is 41.8 Å². The molecule has 1 saturated heterocycles. The van der Waals surface area contributed by atoms with E-state index in [1.807, 2.05) is 43.3 Å². The molecular weight excluding hydrogens is 409 g/mol. The fourth-order valence-corrected chi connectivity index (χ4v) is 3.78. The highest BCUT2D eigenvalue weighted by Gasteiger charge is 2.41. The van der Waals surface area contributed by atoms with Gasteiger partial charge >= 0.3 is 0 Å². The first-order valence-corrected chi connectivity index (χ1v) is 10.5. The van der Waals surface area contributed by atoms with Crippen LogP contribution in [0.3, 0.4) is 0 Å². The number of unbranched alkanes of at least 4 members (excludes halogenated alkanes) is 1. The second-order valence-electron chi connectivity index (χ2n) is 7.25. The lowest BCUT2D eigenvalue weighted by molar-refractivity contribution is -0.0504. The maximum atomic E-state index is 12.5. The average Bonchev–Trinajstić information content (AvgIpc) is 2.71. The number of fused-ring (bicyclic) bond motifs is 1. The molecule has 0 aliphatic carbocycles. The van der Waals surface area contributed by atoms with Crippen molar-refractivity contribution in [3.05, 3.63) is 52.0 Å². The second kappa shape index (κ2) is 9.63. The van der Waals surface area contributed by atoms with E-state index in [2.05, 4.69) is 0 Å². The molecule has 152 valence electrons. The highest BCUT2D eigenvalue weighted by atomic mass is 35.5. The summed E-state index contributed by atoms with van der Waals surface area (Å²) in [5.41, 5.74) is 2.12. The van der Waals surface area contributed by atoms with Gasteiger partial charge in [-0.1, -0.05) is 42.3 Å². The van der Waals surface area contributed by atoms with E-state index in [-0.39, 0.29) is 5.78 Å². The van der Waals surface area contributed by atoms with Crippen LogP contribution in [0.5, 0.6) is 5.75 Å². The molecule has 0 aromatic heterocycles. The summed E-state index contributed by atoms with van der Waals surface area (Å²) in [4.78, 5) is 12.5. The number of ether oxygens (including phenoxy) is 2. The van der Waals surface area contributed by atoms with E-state index >= 15 is 0 Å². The Kier molecular flexibility index (Phi) is 7.18. The molecule has 6 heteroatoms. The number of ketones is 1. The second-order valence-corrected chi connectivity index (χ2v) is 8.06. The van der Waals surface area contributed by atoms with Crippen LogP contribution in [0.25, 0.3) is 11.1 Å². The summed E-state index contributed by atoms with van der Waals surface area (Å²) in [6.07, 6.45) is 3.59. The van der Waals surface area contributed by atoms with E-state index in [9.17, 15) is 4.79 Å². The van der Waals surface area contributed by atoms with Crippen LogP contribution in [0.4, 0.5) is 0 Å². The van der Waals surface area contributed by atoms with Crippen molar-refractivity contribution < 1.29 is 14.3 Å². The molecule has 0 unspecified atom stereocenters. The van der Waals surface area contributed by atoms with Crippen LogP contribution in [-0.2, 0) is 4.74 Å². The van der Waals surface area contributed by atoms with Crippen LogP contribution >= 0.6 is 23.2 Å². The van der Waals surface area contributed by atoms with Gasteiger partial charge in [-0.15, -0.1) is 0 Å². The standard InChI is InChI=1S/C19H16Cl2O3.C4H7N/c20-15-4-2-12(9-16(15)21)13-1-3-14-17(22)11-19(24-18(14)10-13)5-7-23-8-6-19;1-2-3-4-5/h1-4,9-10H,5-8,11H2;2-3H2,1H3. The summed E-state index contributed by atoms with van der Waals surface area (Å²) in [5, 5.41) is 8.84. The van der Waals surface area contributed by atoms with E-state index in [1.54, 1.807) is 6.07 Å². The van der Waals surface area contributed by atoms with Crippen molar-refractivity contribution in [3.63, 3.8) is 0 Å². The Bertz CT molecular complexity index is 930. The SMILES string of the molecule is CCCC#N.O=C1CC2(CCOCC2)Oc2cc(-c3ccc(Cl)c(Cl)c3)ccc21. The van der Waals surface area contributed by atoms with Gasteiger partial charge in [-0.2, -0.15) is 5.26 Å². The molecule has 2 heterocycles. The largest absolute Gasteiger partial charge is 0.486 e. The van der Waals surface area contributed by atoms with Gasteiger partial charge in [0.15, 0.2) is 5.78 Å². The quantitative estimate of drug-likeness (QED) is 0.545. The van der Waals surface area contributed by atoms with E-state index < -0.39 is 5.60 Å². The zero-order valence-electron chi connectivity index (χ0n) is 16.3. The highest BCUT2D eigenvalue weighted by molar-refractivity contribution is 6.42. The normalized spacial score (nSPS) is 16.8. The van der Waals surface area contributed by atoms with Crippen LogP contribution in [0, 0.1) is 11.3 Å². The van der Waals surface area contributed by atoms with Gasteiger partial charge in [0.2, 0.25) is 0 Å². The molecule has 4 nitrogen and oxygen atoms in total. The fraction of sp³-hybridized carbons (Fsp3) is 0.391. The first-order chi connectivity index (χ1) is 14.0. The molecular formula is C23H23Cl2NO3. The van der Waals surface area contributed by atoms with Crippen LogP contribution in [-0.4, -0.2) is 24.6 Å². The van der Waals surface area contributed by atoms with Gasteiger partial charge in [-0.3, -0.25) is 4.79 Å². The summed E-state index contributed by atoms with van der Waals surface area (Å²) >= 11 is 12.1. The van der Waals surface area contributed by atoms with Crippen molar-refractivity contribution in [3.8, 4) is 22.9 Å². The summed E-state index contributed by atoms with van der Waals surface area (Å²) in [7, 11) is 0. The Balaban J connectivity index is 0.000000431. The van der Waals surface area contributed by atoms with Crippen LogP contribution in [0.2, 0.25) is 10.0 Å². The van der Waals surface area contributed by atoms with Crippen molar-refractivity contribution >= 4 is 29.0 Å². The Hall–Kier alpha value is -2.06. The van der Waals surface area contributed by atoms with Crippen LogP contribution in [0.15, 0.2) is 36.4 Å². The topological polar surface area (TPSA) is 59.3 Å². The number of hydrogen-bond acceptors (Lipinski definition) is 4. The Labute approximate surface area is 181 Å². The smallest absolute Gasteiger partial charge is 0.170 e. The monoisotopic (exact) mass is 431 g/mol. The number of carbonyl (C=O) groups excluding carboxylic acids is 1. The maximum absolute atomic E-state index is 12.5. The molecule has 2 aromatic carbocycles. The number of hydrogen-bond donors (Lipinski definition) is 0. The first-order valence-electron chi connectivity index (χ1n) is 9.74. The minimum absolute atomic E-state index is 0.138. The zero-order chi connectivity index (χ0) is 20.9. The van der Waals surface area contributed by atoms with Crippen LogP contribution < -0.4 is 4.74 Å². The van der Waals surface area contributed by atoms with Crippen molar-refractivity contribution in [2.24, 2.45) is 0 Å². The molecule has 2 aromatic rings. The molecule has 1 spiro atoms. The van der Waals surface area contributed by atoms with Crippen molar-refractivity contribution in [2.75, 3.05) is 13.2 Å². The predicted octanol–water partition coefficient (Wildman–Crippen LogP) is 6.48. The van der Waals surface area contributed by atoms with E-state index in [0.717, 1.165) is 30.4 Å². The average molecular weight is 432 g/mol. The number of nitrogens with zero attached hydrogens (tertiary/aromatic N) is 1. The maximum Gasteiger partial charge on any atom is 0.170 e. The number of benzene rings is 2. The minimum atomic E-state index is -0.418. The number of Topliss-reactive ketones (excluding diaryl/α,β-unsaturated/α-hetero) is 1. The molecule has 0 saturated carbocycles. The Morgan fingerprint density at radius 3 is 2.38 bits per heavy atom. The Morgan fingerprint density at radius 2 is 1.76 bits per heavy atom. The molecule has 0 bridgehead atoms. The number of nitriles is 1. The van der Waals surface area contributed by atoms with Crippen molar-refractivity contribution in [1.82, 2.24) is 0 Å². The van der Waals surface area contributed by atoms with Gasteiger partial charge < -0.3 is 9.47 Å². The zero-order valence-corrected chi connectivity index (χ0v) is 17.9. The van der Waals surface area contributed by atoms with Crippen molar-refractivity contribution in [1.29, 1.82) is 5.26 Å². The van der Waals surface area contributed by atoms with Gasteiger partial charge in [-0.25, -0.2) is 0 Å². The molecule has 0 amide bonds. The summed E-state index contributed by atoms with van der Waals surface area (Å²) in [5.74, 6) is 0.788. The highest BCUT2D eigenvalue weighted by Crippen LogP contribution is 2.41. The predicted molar refractivity (Wildman–Crippen MR) is 115 cm³/mol. The summed E-state index contributed by atoms with van der Waals surface area (Å²) in [6.45, 7) is 3.26. The fourth-order valence-electron chi connectivity index (χ4n) is 3.48. The van der Waals surface area contributed by atoms with Crippen LogP contribution in [0.1, 0.15) is 49.4 Å². The van der Waals surface area contributed by atoms with E-state index in [0.29, 0.717) is 47.4 Å². The van der Waals surface area contributed by atoms with Gasteiger partial charge in [0.05, 0.1) is 41.3 Å². The lowest BCUT2D eigenvalue weighted by atomic mass is 9.83. The van der Waals surface area contributed by atoms with Gasteiger partial charge in [0.25, 0.3) is 0 Å². The molecule has 29 heavy (non-hydrogen) atoms. The molecule has 4 rings (SSSR count). The van der Waals surface area contributed by atoms with Crippen molar-refractivity contribution in [2.45, 2.75) is 44.6 Å². The lowest BCUT2D eigenvalue weighted by Crippen LogP contribution is -2.46.